The molecule has 2 unspecified atom stereocenters. The number of nitrogens with one attached hydrogen (secondary N) is 1. The first-order valence-corrected chi connectivity index (χ1v) is 8.65. The third kappa shape index (κ3) is 4.43. The Morgan fingerprint density at radius 2 is 2.16 bits per heavy atom. The molecule has 2 heterocycles. The van der Waals surface area contributed by atoms with Gasteiger partial charge < -0.3 is 10.4 Å². The van der Waals surface area contributed by atoms with Gasteiger partial charge in [-0.2, -0.15) is 0 Å². The standard InChI is InChI=1S/C12H22N2O4S/c15-12(16)7-13-6-10-2-1-4-14(8-10)11-3-5-19(17,18)9-11/h10-11,13H,1-9H2,(H,15,16). The smallest absolute Gasteiger partial charge is 0.317 e. The number of aliphatic carboxylic acids is 1. The van der Waals surface area contributed by atoms with Crippen LogP contribution in [0.2, 0.25) is 0 Å². The van der Waals surface area contributed by atoms with Crippen LogP contribution in [0.25, 0.3) is 0 Å². The zero-order valence-corrected chi connectivity index (χ0v) is 11.9. The number of carboxylic acid groups (broad SMARTS) is 1. The highest BCUT2D eigenvalue weighted by atomic mass is 32.2. The average Bonchev–Trinajstić information content (AvgIpc) is 2.70. The fraction of sp³-hybridized carbons (Fsp3) is 0.917. The summed E-state index contributed by atoms with van der Waals surface area (Å²) in [5.41, 5.74) is 0. The molecule has 6 nitrogen and oxygen atoms in total. The topological polar surface area (TPSA) is 86.7 Å². The molecule has 2 atom stereocenters. The van der Waals surface area contributed by atoms with E-state index in [1.807, 2.05) is 0 Å². The predicted octanol–water partition coefficient (Wildman–Crippen LogP) is -0.440. The van der Waals surface area contributed by atoms with Crippen LogP contribution >= 0.6 is 0 Å². The Bertz CT molecular complexity index is 423. The number of carbonyl (C=O) groups is 1. The number of carboxylic acids is 1. The maximum Gasteiger partial charge on any atom is 0.317 e. The molecule has 2 N–H and O–H groups in total. The van der Waals surface area contributed by atoms with E-state index in [2.05, 4.69) is 10.2 Å². The summed E-state index contributed by atoms with van der Waals surface area (Å²) in [6.45, 7) is 2.54. The van der Waals surface area contributed by atoms with E-state index >= 15 is 0 Å². The van der Waals surface area contributed by atoms with Crippen LogP contribution in [0.3, 0.4) is 0 Å². The summed E-state index contributed by atoms with van der Waals surface area (Å²) < 4.78 is 23.0. The lowest BCUT2D eigenvalue weighted by atomic mass is 9.96. The quantitative estimate of drug-likeness (QED) is 0.714. The van der Waals surface area contributed by atoms with E-state index < -0.39 is 15.8 Å². The molecular weight excluding hydrogens is 268 g/mol. The van der Waals surface area contributed by atoms with E-state index in [1.54, 1.807) is 0 Å². The second kappa shape index (κ2) is 6.19. The van der Waals surface area contributed by atoms with Gasteiger partial charge in [0.1, 0.15) is 0 Å². The van der Waals surface area contributed by atoms with Gasteiger partial charge in [-0.1, -0.05) is 0 Å². The molecule has 0 radical (unpaired) electrons. The fourth-order valence-electron chi connectivity index (χ4n) is 3.04. The van der Waals surface area contributed by atoms with Crippen molar-refractivity contribution in [2.24, 2.45) is 5.92 Å². The second-order valence-electron chi connectivity index (χ2n) is 5.58. The largest absolute Gasteiger partial charge is 0.480 e. The molecule has 7 heteroatoms. The highest BCUT2D eigenvalue weighted by molar-refractivity contribution is 7.91. The van der Waals surface area contributed by atoms with Gasteiger partial charge in [0.25, 0.3) is 0 Å². The van der Waals surface area contributed by atoms with E-state index in [1.165, 1.54) is 0 Å². The first-order valence-electron chi connectivity index (χ1n) is 6.83. The van der Waals surface area contributed by atoms with Crippen molar-refractivity contribution in [1.82, 2.24) is 10.2 Å². The van der Waals surface area contributed by atoms with Gasteiger partial charge in [-0.05, 0) is 38.3 Å². The summed E-state index contributed by atoms with van der Waals surface area (Å²) in [7, 11) is -2.83. The first-order chi connectivity index (χ1) is 8.96. The molecule has 2 aliphatic heterocycles. The van der Waals surface area contributed by atoms with Crippen LogP contribution in [-0.4, -0.2) is 68.1 Å². The normalized spacial score (nSPS) is 31.4. The van der Waals surface area contributed by atoms with Crippen LogP contribution in [0.1, 0.15) is 19.3 Å². The van der Waals surface area contributed by atoms with E-state index in [4.69, 9.17) is 5.11 Å². The van der Waals surface area contributed by atoms with Crippen molar-refractivity contribution in [2.45, 2.75) is 25.3 Å². The Morgan fingerprint density at radius 3 is 2.79 bits per heavy atom. The van der Waals surface area contributed by atoms with Crippen molar-refractivity contribution in [3.8, 4) is 0 Å². The van der Waals surface area contributed by atoms with Crippen molar-refractivity contribution in [3.63, 3.8) is 0 Å². The average molecular weight is 290 g/mol. The number of rotatable bonds is 5. The summed E-state index contributed by atoms with van der Waals surface area (Å²) in [5, 5.41) is 11.5. The van der Waals surface area contributed by atoms with Gasteiger partial charge in [-0.3, -0.25) is 9.69 Å². The van der Waals surface area contributed by atoms with E-state index in [0.29, 0.717) is 24.0 Å². The van der Waals surface area contributed by atoms with Gasteiger partial charge in [0.05, 0.1) is 18.1 Å². The third-order valence-corrected chi connectivity index (χ3v) is 5.73. The number of nitrogens with zero attached hydrogens (tertiary/aromatic N) is 1. The lowest BCUT2D eigenvalue weighted by Gasteiger charge is -2.36. The van der Waals surface area contributed by atoms with Crippen LogP contribution in [0, 0.1) is 5.92 Å². The molecule has 19 heavy (non-hydrogen) atoms. The van der Waals surface area contributed by atoms with Crippen molar-refractivity contribution >= 4 is 15.8 Å². The van der Waals surface area contributed by atoms with Gasteiger partial charge in [0, 0.05) is 12.6 Å². The Labute approximate surface area is 114 Å². The maximum atomic E-state index is 11.5. The monoisotopic (exact) mass is 290 g/mol. The van der Waals surface area contributed by atoms with E-state index in [9.17, 15) is 13.2 Å². The SMILES string of the molecule is O=C(O)CNCC1CCCN(C2CCS(=O)(=O)C2)C1. The number of piperidine rings is 1. The van der Waals surface area contributed by atoms with Crippen molar-refractivity contribution < 1.29 is 18.3 Å². The molecule has 0 aliphatic carbocycles. The second-order valence-corrected chi connectivity index (χ2v) is 7.81. The van der Waals surface area contributed by atoms with Gasteiger partial charge >= 0.3 is 5.97 Å². The molecule has 0 aromatic carbocycles. The predicted molar refractivity (Wildman–Crippen MR) is 71.9 cm³/mol. The molecule has 2 rings (SSSR count). The summed E-state index contributed by atoms with van der Waals surface area (Å²) in [5.74, 6) is 0.198. The lowest BCUT2D eigenvalue weighted by Crippen LogP contribution is -2.45. The minimum atomic E-state index is -2.83. The third-order valence-electron chi connectivity index (χ3n) is 3.98. The molecular formula is C12H22N2O4S. The zero-order chi connectivity index (χ0) is 13.9. The molecule has 0 spiro atoms. The minimum Gasteiger partial charge on any atom is -0.480 e. The number of hydrogen-bond acceptors (Lipinski definition) is 5. The highest BCUT2D eigenvalue weighted by Crippen LogP contribution is 2.24. The van der Waals surface area contributed by atoms with Crippen LogP contribution in [-0.2, 0) is 14.6 Å². The van der Waals surface area contributed by atoms with Crippen molar-refractivity contribution in [1.29, 1.82) is 0 Å². The zero-order valence-electron chi connectivity index (χ0n) is 11.0. The Kier molecular flexibility index (Phi) is 4.81. The number of likely N-dealkylation sites (tertiary alicyclic amines) is 1. The summed E-state index contributed by atoms with van der Waals surface area (Å²) in [6, 6.07) is 0.173. The summed E-state index contributed by atoms with van der Waals surface area (Å²) >= 11 is 0. The molecule has 0 aromatic rings. The summed E-state index contributed by atoms with van der Waals surface area (Å²) in [6.07, 6.45) is 2.90. The van der Waals surface area contributed by atoms with Gasteiger partial charge in [0.2, 0.25) is 0 Å². The van der Waals surface area contributed by atoms with E-state index in [-0.39, 0.29) is 12.6 Å². The maximum absolute atomic E-state index is 11.5. The Balaban J connectivity index is 1.79. The Morgan fingerprint density at radius 1 is 1.37 bits per heavy atom. The molecule has 2 fully saturated rings. The van der Waals surface area contributed by atoms with E-state index in [0.717, 1.165) is 32.4 Å². The van der Waals surface area contributed by atoms with Crippen LogP contribution in [0.4, 0.5) is 0 Å². The number of hydrogen-bond donors (Lipinski definition) is 2. The first kappa shape index (κ1) is 14.7. The molecule has 2 saturated heterocycles. The molecule has 0 bridgehead atoms. The molecule has 0 amide bonds. The molecule has 0 aromatic heterocycles. The number of sulfone groups is 1. The minimum absolute atomic E-state index is 0.00565. The fourth-order valence-corrected chi connectivity index (χ4v) is 4.80. The van der Waals surface area contributed by atoms with Crippen LogP contribution in [0.15, 0.2) is 0 Å². The molecule has 110 valence electrons. The highest BCUT2D eigenvalue weighted by Gasteiger charge is 2.34. The van der Waals surface area contributed by atoms with Gasteiger partial charge in [0.15, 0.2) is 9.84 Å². The summed E-state index contributed by atoms with van der Waals surface area (Å²) in [4.78, 5) is 12.7. The lowest BCUT2D eigenvalue weighted by molar-refractivity contribution is -0.136. The Hall–Kier alpha value is -0.660. The van der Waals surface area contributed by atoms with Crippen molar-refractivity contribution in [3.05, 3.63) is 0 Å². The van der Waals surface area contributed by atoms with Gasteiger partial charge in [-0.15, -0.1) is 0 Å². The van der Waals surface area contributed by atoms with Crippen molar-refractivity contribution in [2.75, 3.05) is 37.7 Å². The van der Waals surface area contributed by atoms with Crippen LogP contribution in [0.5, 0.6) is 0 Å². The van der Waals surface area contributed by atoms with Crippen LogP contribution < -0.4 is 5.32 Å². The molecule has 0 saturated carbocycles. The van der Waals surface area contributed by atoms with Gasteiger partial charge in [-0.25, -0.2) is 8.42 Å². The molecule has 2 aliphatic rings.